The van der Waals surface area contributed by atoms with Crippen LogP contribution in [0.25, 0.3) is 0 Å². The molecule has 0 aliphatic rings. The fourth-order valence-corrected chi connectivity index (χ4v) is 2.86. The standard InChI is InChI=1S/C16H18BrNO2/c1-9-6-10(2)8-13(7-9)18(5)16(19)14-11(3)20-12(4)15(14)17/h6-8H,1-5H3. The molecule has 0 atom stereocenters. The Morgan fingerprint density at radius 2 is 1.60 bits per heavy atom. The van der Waals surface area contributed by atoms with Gasteiger partial charge in [-0.2, -0.15) is 0 Å². The fourth-order valence-electron chi connectivity index (χ4n) is 2.33. The van der Waals surface area contributed by atoms with Crippen molar-refractivity contribution < 1.29 is 9.21 Å². The lowest BCUT2D eigenvalue weighted by molar-refractivity contribution is 0.0991. The van der Waals surface area contributed by atoms with Gasteiger partial charge >= 0.3 is 0 Å². The number of benzene rings is 1. The molecule has 4 heteroatoms. The number of rotatable bonds is 2. The Bertz CT molecular complexity index is 653. The van der Waals surface area contributed by atoms with Crippen molar-refractivity contribution in [1.29, 1.82) is 0 Å². The van der Waals surface area contributed by atoms with Crippen molar-refractivity contribution in [2.24, 2.45) is 0 Å². The van der Waals surface area contributed by atoms with E-state index < -0.39 is 0 Å². The lowest BCUT2D eigenvalue weighted by Crippen LogP contribution is -2.26. The van der Waals surface area contributed by atoms with Crippen LogP contribution in [0, 0.1) is 27.7 Å². The number of carbonyl (C=O) groups is 1. The number of nitrogens with zero attached hydrogens (tertiary/aromatic N) is 1. The minimum absolute atomic E-state index is 0.0729. The zero-order valence-electron chi connectivity index (χ0n) is 12.4. The first-order valence-electron chi connectivity index (χ1n) is 6.43. The minimum Gasteiger partial charge on any atom is -0.465 e. The Morgan fingerprint density at radius 1 is 1.05 bits per heavy atom. The highest BCUT2D eigenvalue weighted by molar-refractivity contribution is 9.10. The SMILES string of the molecule is Cc1cc(C)cc(N(C)C(=O)c2c(C)oc(C)c2Br)c1. The van der Waals surface area contributed by atoms with Crippen LogP contribution in [-0.2, 0) is 0 Å². The van der Waals surface area contributed by atoms with Gasteiger partial charge in [-0.05, 0) is 66.9 Å². The summed E-state index contributed by atoms with van der Waals surface area (Å²) in [5.74, 6) is 1.28. The molecule has 0 saturated carbocycles. The molecule has 0 spiro atoms. The average Bonchev–Trinajstić information content (AvgIpc) is 2.60. The molecule has 0 aliphatic carbocycles. The van der Waals surface area contributed by atoms with Crippen LogP contribution in [-0.4, -0.2) is 13.0 Å². The highest BCUT2D eigenvalue weighted by atomic mass is 79.9. The van der Waals surface area contributed by atoms with Gasteiger partial charge < -0.3 is 9.32 Å². The zero-order valence-corrected chi connectivity index (χ0v) is 14.0. The lowest BCUT2D eigenvalue weighted by Gasteiger charge is -2.18. The summed E-state index contributed by atoms with van der Waals surface area (Å²) >= 11 is 3.43. The third kappa shape index (κ3) is 2.66. The molecule has 3 nitrogen and oxygen atoms in total. The smallest absolute Gasteiger partial charge is 0.262 e. The van der Waals surface area contributed by atoms with E-state index in [0.29, 0.717) is 11.3 Å². The molecule has 1 aromatic heterocycles. The number of furan rings is 1. The number of hydrogen-bond donors (Lipinski definition) is 0. The maximum atomic E-state index is 12.7. The first-order valence-corrected chi connectivity index (χ1v) is 7.22. The second kappa shape index (κ2) is 5.44. The van der Waals surface area contributed by atoms with E-state index in [1.54, 1.807) is 18.9 Å². The van der Waals surface area contributed by atoms with Crippen molar-refractivity contribution in [3.05, 3.63) is 50.9 Å². The van der Waals surface area contributed by atoms with E-state index in [9.17, 15) is 4.79 Å². The Labute approximate surface area is 127 Å². The Morgan fingerprint density at radius 3 is 2.05 bits per heavy atom. The second-order valence-electron chi connectivity index (χ2n) is 5.11. The molecule has 0 radical (unpaired) electrons. The van der Waals surface area contributed by atoms with E-state index in [2.05, 4.69) is 22.0 Å². The summed E-state index contributed by atoms with van der Waals surface area (Å²) in [5.41, 5.74) is 3.75. The van der Waals surface area contributed by atoms with Crippen LogP contribution in [0.1, 0.15) is 33.0 Å². The van der Waals surface area contributed by atoms with Crippen LogP contribution in [0.5, 0.6) is 0 Å². The average molecular weight is 336 g/mol. The van der Waals surface area contributed by atoms with Crippen molar-refractivity contribution in [3.8, 4) is 0 Å². The maximum Gasteiger partial charge on any atom is 0.262 e. The van der Waals surface area contributed by atoms with Gasteiger partial charge in [0.2, 0.25) is 0 Å². The number of halogens is 1. The monoisotopic (exact) mass is 335 g/mol. The third-order valence-corrected chi connectivity index (χ3v) is 4.25. The van der Waals surface area contributed by atoms with Crippen molar-refractivity contribution >= 4 is 27.5 Å². The minimum atomic E-state index is -0.0729. The van der Waals surface area contributed by atoms with E-state index in [0.717, 1.165) is 27.0 Å². The fraction of sp³-hybridized carbons (Fsp3) is 0.312. The van der Waals surface area contributed by atoms with Gasteiger partial charge in [-0.25, -0.2) is 0 Å². The quantitative estimate of drug-likeness (QED) is 0.806. The summed E-state index contributed by atoms with van der Waals surface area (Å²) in [7, 11) is 1.78. The van der Waals surface area contributed by atoms with Gasteiger partial charge in [-0.1, -0.05) is 6.07 Å². The van der Waals surface area contributed by atoms with Gasteiger partial charge in [0.1, 0.15) is 11.5 Å². The molecule has 0 fully saturated rings. The van der Waals surface area contributed by atoms with Crippen molar-refractivity contribution in [2.45, 2.75) is 27.7 Å². The molecule has 0 saturated heterocycles. The molecule has 106 valence electrons. The molecule has 1 amide bonds. The summed E-state index contributed by atoms with van der Waals surface area (Å²) in [6.07, 6.45) is 0. The largest absolute Gasteiger partial charge is 0.465 e. The molecule has 0 aliphatic heterocycles. The molecule has 2 rings (SSSR count). The highest BCUT2D eigenvalue weighted by Gasteiger charge is 2.23. The summed E-state index contributed by atoms with van der Waals surface area (Å²) in [4.78, 5) is 14.3. The Hall–Kier alpha value is -1.55. The first kappa shape index (κ1) is 14.9. The van der Waals surface area contributed by atoms with E-state index >= 15 is 0 Å². The lowest BCUT2D eigenvalue weighted by atomic mass is 10.1. The Balaban J connectivity index is 2.42. The van der Waals surface area contributed by atoms with Gasteiger partial charge in [0, 0.05) is 12.7 Å². The van der Waals surface area contributed by atoms with Gasteiger partial charge in [-0.15, -0.1) is 0 Å². The van der Waals surface area contributed by atoms with E-state index in [1.807, 2.05) is 32.9 Å². The van der Waals surface area contributed by atoms with Gasteiger partial charge in [0.15, 0.2) is 0 Å². The van der Waals surface area contributed by atoms with E-state index in [1.165, 1.54) is 0 Å². The van der Waals surface area contributed by atoms with Crippen molar-refractivity contribution in [2.75, 3.05) is 11.9 Å². The number of anilines is 1. The number of aryl methyl sites for hydroxylation is 4. The molecular formula is C16H18BrNO2. The van der Waals surface area contributed by atoms with Crippen LogP contribution in [0.3, 0.4) is 0 Å². The van der Waals surface area contributed by atoms with Crippen LogP contribution >= 0.6 is 15.9 Å². The predicted octanol–water partition coefficient (Wildman–Crippen LogP) is 4.55. The van der Waals surface area contributed by atoms with Crippen LogP contribution in [0.15, 0.2) is 27.1 Å². The second-order valence-corrected chi connectivity index (χ2v) is 5.91. The van der Waals surface area contributed by atoms with Gasteiger partial charge in [-0.3, -0.25) is 4.79 Å². The topological polar surface area (TPSA) is 33.5 Å². The van der Waals surface area contributed by atoms with Gasteiger partial charge in [0.25, 0.3) is 5.91 Å². The third-order valence-electron chi connectivity index (χ3n) is 3.30. The number of hydrogen-bond acceptors (Lipinski definition) is 2. The highest BCUT2D eigenvalue weighted by Crippen LogP contribution is 2.29. The number of amides is 1. The predicted molar refractivity (Wildman–Crippen MR) is 84.5 cm³/mol. The molecule has 1 aromatic carbocycles. The zero-order chi connectivity index (χ0) is 15.0. The summed E-state index contributed by atoms with van der Waals surface area (Å²) in [6, 6.07) is 6.09. The molecule has 0 unspecified atom stereocenters. The number of carbonyl (C=O) groups excluding carboxylic acids is 1. The van der Waals surface area contributed by atoms with E-state index in [-0.39, 0.29) is 5.91 Å². The molecule has 0 N–H and O–H groups in total. The molecule has 0 bridgehead atoms. The molecule has 2 aromatic rings. The van der Waals surface area contributed by atoms with Crippen LogP contribution in [0.4, 0.5) is 5.69 Å². The Kier molecular flexibility index (Phi) is 4.04. The van der Waals surface area contributed by atoms with Gasteiger partial charge in [0.05, 0.1) is 10.0 Å². The maximum absolute atomic E-state index is 12.7. The van der Waals surface area contributed by atoms with Crippen LogP contribution in [0.2, 0.25) is 0 Å². The molecule has 1 heterocycles. The van der Waals surface area contributed by atoms with Crippen molar-refractivity contribution in [1.82, 2.24) is 0 Å². The van der Waals surface area contributed by atoms with Crippen LogP contribution < -0.4 is 4.90 Å². The summed E-state index contributed by atoms with van der Waals surface area (Å²) in [5, 5.41) is 0. The molecular weight excluding hydrogens is 318 g/mol. The van der Waals surface area contributed by atoms with Crippen molar-refractivity contribution in [3.63, 3.8) is 0 Å². The molecule has 20 heavy (non-hydrogen) atoms. The summed E-state index contributed by atoms with van der Waals surface area (Å²) in [6.45, 7) is 7.70. The normalized spacial score (nSPS) is 10.7. The van der Waals surface area contributed by atoms with E-state index in [4.69, 9.17) is 4.42 Å². The first-order chi connectivity index (χ1) is 9.31. The summed E-state index contributed by atoms with van der Waals surface area (Å²) < 4.78 is 6.24.